The third-order valence-corrected chi connectivity index (χ3v) is 5.83. The molecule has 1 fully saturated rings. The molecule has 1 aliphatic rings. The number of hydrogen-bond donors (Lipinski definition) is 0. The minimum absolute atomic E-state index is 0.0641. The molecule has 1 aliphatic carbocycles. The maximum absolute atomic E-state index is 11.6. The number of carbonyl (C=O) groups excluding carboxylic acids is 1. The van der Waals surface area contributed by atoms with Crippen LogP contribution in [0.25, 0.3) is 11.3 Å². The average Bonchev–Trinajstić information content (AvgIpc) is 2.75. The topological polar surface area (TPSA) is 39.2 Å². The second-order valence-electron chi connectivity index (χ2n) is 8.04. The molecule has 1 saturated carbocycles. The first kappa shape index (κ1) is 21.3. The van der Waals surface area contributed by atoms with Gasteiger partial charge in [0.2, 0.25) is 0 Å². The lowest BCUT2D eigenvalue weighted by atomic mass is 9.82. The van der Waals surface area contributed by atoms with Crippen molar-refractivity contribution in [2.75, 3.05) is 0 Å². The first-order valence-electron chi connectivity index (χ1n) is 11.1. The van der Waals surface area contributed by atoms with E-state index in [0.717, 1.165) is 37.8 Å². The molecular weight excluding hydrogens is 358 g/mol. The maximum Gasteiger partial charge on any atom is 0.330 e. The molecule has 0 saturated heterocycles. The quantitative estimate of drug-likeness (QED) is 0.288. The van der Waals surface area contributed by atoms with E-state index in [1.165, 1.54) is 42.0 Å². The summed E-state index contributed by atoms with van der Waals surface area (Å²) in [6, 6.07) is 13.2. The van der Waals surface area contributed by atoms with Gasteiger partial charge in [-0.1, -0.05) is 56.2 Å². The number of nitrogens with zero attached hydrogens (tertiary/aromatic N) is 1. The Morgan fingerprint density at radius 3 is 2.45 bits per heavy atom. The van der Waals surface area contributed by atoms with Crippen molar-refractivity contribution < 1.29 is 9.53 Å². The molecule has 3 heteroatoms. The zero-order valence-corrected chi connectivity index (χ0v) is 17.8. The van der Waals surface area contributed by atoms with E-state index >= 15 is 0 Å². The number of pyridine rings is 1. The lowest BCUT2D eigenvalue weighted by Gasteiger charge is -2.28. The largest absolute Gasteiger partial charge is 0.459 e. The van der Waals surface area contributed by atoms with Gasteiger partial charge in [-0.2, -0.15) is 0 Å². The van der Waals surface area contributed by atoms with Crippen LogP contribution in [-0.2, 0) is 16.0 Å². The molecule has 2 aromatic rings. The van der Waals surface area contributed by atoms with E-state index in [9.17, 15) is 4.79 Å². The van der Waals surface area contributed by atoms with Crippen molar-refractivity contribution >= 4 is 5.97 Å². The number of benzene rings is 1. The molecule has 0 spiro atoms. The van der Waals surface area contributed by atoms with Crippen LogP contribution in [0.1, 0.15) is 75.8 Å². The molecular formula is C26H33NO2. The van der Waals surface area contributed by atoms with Gasteiger partial charge in [0.1, 0.15) is 6.10 Å². The fourth-order valence-corrected chi connectivity index (χ4v) is 4.10. The number of rotatable bonds is 8. The predicted octanol–water partition coefficient (Wildman–Crippen LogP) is 6.63. The lowest BCUT2D eigenvalue weighted by molar-refractivity contribution is -0.144. The number of aromatic nitrogens is 1. The van der Waals surface area contributed by atoms with Crippen molar-refractivity contribution in [3.63, 3.8) is 0 Å². The Balaban J connectivity index is 1.53. The molecule has 1 aromatic heterocycles. The summed E-state index contributed by atoms with van der Waals surface area (Å²) in [5, 5.41) is 0. The Morgan fingerprint density at radius 1 is 1.07 bits per heavy atom. The number of hydrogen-bond acceptors (Lipinski definition) is 3. The summed E-state index contributed by atoms with van der Waals surface area (Å²) < 4.78 is 5.50. The first-order valence-corrected chi connectivity index (χ1v) is 11.1. The minimum Gasteiger partial charge on any atom is -0.459 e. The summed E-state index contributed by atoms with van der Waals surface area (Å²) in [6.45, 7) is 4.07. The number of aryl methyl sites for hydroxylation is 1. The van der Waals surface area contributed by atoms with Gasteiger partial charge in [-0.15, -0.1) is 0 Å². The normalized spacial score (nSPS) is 19.4. The molecule has 1 heterocycles. The standard InChI is InChI=1S/C26H33NO2/c1-3-5-6-8-20-9-18-25(27-19-20)23-12-10-21(11-13-23)22-14-16-24(17-15-22)29-26(28)7-4-2/h4,7,9-13,18-19,22,24H,3,5-6,8,14-17H2,1-2H3. The molecule has 29 heavy (non-hydrogen) atoms. The highest BCUT2D eigenvalue weighted by molar-refractivity contribution is 5.81. The smallest absolute Gasteiger partial charge is 0.330 e. The van der Waals surface area contributed by atoms with Gasteiger partial charge in [0, 0.05) is 17.8 Å². The molecule has 3 nitrogen and oxygen atoms in total. The third kappa shape index (κ3) is 6.28. The number of ether oxygens (including phenoxy) is 1. The van der Waals surface area contributed by atoms with E-state index in [1.807, 2.05) is 13.1 Å². The van der Waals surface area contributed by atoms with Gasteiger partial charge in [0.25, 0.3) is 0 Å². The molecule has 3 rings (SSSR count). The van der Waals surface area contributed by atoms with Crippen LogP contribution in [0.3, 0.4) is 0 Å². The summed E-state index contributed by atoms with van der Waals surface area (Å²) in [7, 11) is 0. The second kappa shape index (κ2) is 10.9. The highest BCUT2D eigenvalue weighted by atomic mass is 16.5. The van der Waals surface area contributed by atoms with Crippen LogP contribution in [0, 0.1) is 0 Å². The van der Waals surface area contributed by atoms with Crippen molar-refractivity contribution in [2.45, 2.75) is 77.2 Å². The van der Waals surface area contributed by atoms with Gasteiger partial charge < -0.3 is 4.74 Å². The zero-order valence-electron chi connectivity index (χ0n) is 17.8. The predicted molar refractivity (Wildman–Crippen MR) is 119 cm³/mol. The summed E-state index contributed by atoms with van der Waals surface area (Å²) >= 11 is 0. The number of carbonyl (C=O) groups is 1. The minimum atomic E-state index is -0.218. The van der Waals surface area contributed by atoms with Crippen LogP contribution in [0.5, 0.6) is 0 Å². The second-order valence-corrected chi connectivity index (χ2v) is 8.04. The Morgan fingerprint density at radius 2 is 1.83 bits per heavy atom. The summed E-state index contributed by atoms with van der Waals surface area (Å²) in [5.41, 5.74) is 4.91. The summed E-state index contributed by atoms with van der Waals surface area (Å²) in [5.74, 6) is 0.332. The van der Waals surface area contributed by atoms with Crippen LogP contribution in [-0.4, -0.2) is 17.1 Å². The van der Waals surface area contributed by atoms with Crippen LogP contribution in [0.2, 0.25) is 0 Å². The van der Waals surface area contributed by atoms with Crippen molar-refractivity contribution in [3.05, 3.63) is 65.9 Å². The molecule has 0 N–H and O–H groups in total. The molecule has 0 bridgehead atoms. The van der Waals surface area contributed by atoms with Crippen LogP contribution in [0.15, 0.2) is 54.7 Å². The fraction of sp³-hybridized carbons (Fsp3) is 0.462. The summed E-state index contributed by atoms with van der Waals surface area (Å²) in [6.07, 6.45) is 14.2. The molecule has 0 atom stereocenters. The van der Waals surface area contributed by atoms with Gasteiger partial charge in [-0.25, -0.2) is 4.79 Å². The molecule has 0 radical (unpaired) electrons. The van der Waals surface area contributed by atoms with Crippen molar-refractivity contribution in [2.24, 2.45) is 0 Å². The first-order chi connectivity index (χ1) is 14.2. The van der Waals surface area contributed by atoms with Gasteiger partial charge in [-0.05, 0) is 68.6 Å². The molecule has 154 valence electrons. The Hall–Kier alpha value is -2.42. The average molecular weight is 392 g/mol. The Kier molecular flexibility index (Phi) is 8.03. The van der Waals surface area contributed by atoms with Crippen LogP contribution in [0.4, 0.5) is 0 Å². The van der Waals surface area contributed by atoms with E-state index in [1.54, 1.807) is 6.08 Å². The third-order valence-electron chi connectivity index (χ3n) is 5.83. The van der Waals surface area contributed by atoms with E-state index in [2.05, 4.69) is 48.3 Å². The molecule has 0 amide bonds. The fourth-order valence-electron chi connectivity index (χ4n) is 4.10. The summed E-state index contributed by atoms with van der Waals surface area (Å²) in [4.78, 5) is 16.3. The zero-order chi connectivity index (χ0) is 20.5. The highest BCUT2D eigenvalue weighted by Gasteiger charge is 2.24. The van der Waals surface area contributed by atoms with Gasteiger partial charge in [0.15, 0.2) is 0 Å². The molecule has 0 aliphatic heterocycles. The van der Waals surface area contributed by atoms with E-state index < -0.39 is 0 Å². The van der Waals surface area contributed by atoms with Crippen LogP contribution < -0.4 is 0 Å². The highest BCUT2D eigenvalue weighted by Crippen LogP contribution is 2.34. The van der Waals surface area contributed by atoms with Gasteiger partial charge in [-0.3, -0.25) is 4.98 Å². The number of esters is 1. The van der Waals surface area contributed by atoms with E-state index in [-0.39, 0.29) is 12.1 Å². The SMILES string of the molecule is CC=CC(=O)OC1CCC(c2ccc(-c3ccc(CCCCC)cn3)cc2)CC1. The Labute approximate surface area is 175 Å². The van der Waals surface area contributed by atoms with Crippen molar-refractivity contribution in [1.29, 1.82) is 0 Å². The van der Waals surface area contributed by atoms with E-state index in [0.29, 0.717) is 5.92 Å². The lowest BCUT2D eigenvalue weighted by Crippen LogP contribution is -2.23. The Bertz CT molecular complexity index is 784. The number of unbranched alkanes of at least 4 members (excludes halogenated alkanes) is 2. The maximum atomic E-state index is 11.6. The molecule has 1 aromatic carbocycles. The van der Waals surface area contributed by atoms with Gasteiger partial charge in [0.05, 0.1) is 5.69 Å². The van der Waals surface area contributed by atoms with Crippen molar-refractivity contribution in [3.8, 4) is 11.3 Å². The monoisotopic (exact) mass is 391 g/mol. The van der Waals surface area contributed by atoms with Gasteiger partial charge >= 0.3 is 5.97 Å². The molecule has 0 unspecified atom stereocenters. The number of allylic oxidation sites excluding steroid dienone is 1. The van der Waals surface area contributed by atoms with Crippen LogP contribution >= 0.6 is 0 Å². The van der Waals surface area contributed by atoms with E-state index in [4.69, 9.17) is 4.74 Å². The van der Waals surface area contributed by atoms with Crippen molar-refractivity contribution in [1.82, 2.24) is 4.98 Å².